The van der Waals surface area contributed by atoms with Crippen LogP contribution < -0.4 is 16.0 Å². The molecule has 69 heavy (non-hydrogen) atoms. The van der Waals surface area contributed by atoms with Crippen LogP contribution in [0.5, 0.6) is 5.75 Å². The zero-order valence-corrected chi connectivity index (χ0v) is 40.5. The Morgan fingerprint density at radius 2 is 1.65 bits per heavy atom. The summed E-state index contributed by atoms with van der Waals surface area (Å²) in [5, 5.41) is 8.28. The Balaban J connectivity index is 0.000000224. The number of carbonyl (C=O) groups is 2. The standard InChI is InChI=1S/C21H28N5O6P.C17H19ClN5O4P.C4H6O4/c1-14(2)30-21(27)16(4)31-33(28,32-17-8-6-5-7-9-17)13-29-15(3)10-26-12-25-18-19(22)23-11-24-20(18)26;18-13-3-1-2-12(8-13)14-4-6-26-28(24,27-14)11-25-7-5-23-10-22-15-16(19)20-9-21-17(15)23;5-4-7-2-1-3-8-6/h5-9,11-12,14-16H,10,13H2,1-4H3,(H2,22,23,24);1-3,8-10,14H,4-7,11H2,(H2,19,20,21);1-2,4,6H,3H2/b;;2-1+/t15-,16+,33-;14-,28?;/m10./s1. The van der Waals surface area contributed by atoms with Gasteiger partial charge in [-0.3, -0.25) is 23.7 Å². The fraction of sp³-hybridized carbons (Fsp3) is 0.381. The molecule has 5 heterocycles. The molecule has 1 saturated heterocycles. The van der Waals surface area contributed by atoms with E-state index in [9.17, 15) is 18.7 Å². The quantitative estimate of drug-likeness (QED) is 0.0125. The van der Waals surface area contributed by atoms with Gasteiger partial charge in [0.1, 0.15) is 42.4 Å². The van der Waals surface area contributed by atoms with Gasteiger partial charge >= 0.3 is 21.2 Å². The molecular formula is C42H53ClN10O14P2. The van der Waals surface area contributed by atoms with Crippen LogP contribution in [-0.4, -0.2) is 108 Å². The van der Waals surface area contributed by atoms with Crippen molar-refractivity contribution in [3.8, 4) is 5.75 Å². The number of nitrogens with two attached hydrogens (primary N) is 2. The summed E-state index contributed by atoms with van der Waals surface area (Å²) >= 11 is 6.03. The van der Waals surface area contributed by atoms with E-state index in [2.05, 4.69) is 39.5 Å². The van der Waals surface area contributed by atoms with Crippen molar-refractivity contribution in [1.82, 2.24) is 39.0 Å². The second-order valence-electron chi connectivity index (χ2n) is 14.9. The molecule has 0 saturated carbocycles. The molecule has 7 rings (SSSR count). The van der Waals surface area contributed by atoms with E-state index >= 15 is 0 Å². The molecule has 0 amide bonds. The van der Waals surface area contributed by atoms with Crippen molar-refractivity contribution in [3.05, 3.63) is 103 Å². The lowest BCUT2D eigenvalue weighted by molar-refractivity contribution is -0.232. The van der Waals surface area contributed by atoms with Crippen LogP contribution in [0.4, 0.5) is 11.6 Å². The van der Waals surface area contributed by atoms with Crippen molar-refractivity contribution in [3.63, 3.8) is 0 Å². The van der Waals surface area contributed by atoms with Gasteiger partial charge in [-0.2, -0.15) is 0 Å². The fourth-order valence-electron chi connectivity index (χ4n) is 6.06. The number of hydrogen-bond donors (Lipinski definition) is 3. The second kappa shape index (κ2) is 26.7. The van der Waals surface area contributed by atoms with Gasteiger partial charge in [-0.25, -0.2) is 44.2 Å². The van der Waals surface area contributed by atoms with Crippen molar-refractivity contribution in [2.75, 3.05) is 44.0 Å². The molecule has 1 aliphatic heterocycles. The first-order chi connectivity index (χ1) is 33.1. The molecule has 372 valence electrons. The average Bonchev–Trinajstić information content (AvgIpc) is 3.94. The highest BCUT2D eigenvalue weighted by molar-refractivity contribution is 7.54. The topological polar surface area (TPSA) is 311 Å². The van der Waals surface area contributed by atoms with Gasteiger partial charge in [0, 0.05) is 18.0 Å². The molecule has 24 nitrogen and oxygen atoms in total. The molecule has 4 aromatic heterocycles. The number of benzene rings is 2. The second-order valence-corrected chi connectivity index (χ2v) is 19.1. The van der Waals surface area contributed by atoms with Crippen LogP contribution in [0.25, 0.3) is 22.3 Å². The number of nitrogen functional groups attached to an aromatic ring is 2. The van der Waals surface area contributed by atoms with Crippen LogP contribution in [0.15, 0.2) is 92.2 Å². The Morgan fingerprint density at radius 3 is 2.30 bits per heavy atom. The van der Waals surface area contributed by atoms with E-state index in [0.717, 1.165) is 11.8 Å². The summed E-state index contributed by atoms with van der Waals surface area (Å²) in [6.07, 6.45) is 6.27. The van der Waals surface area contributed by atoms with E-state index in [1.807, 2.05) is 12.1 Å². The van der Waals surface area contributed by atoms with E-state index in [1.165, 1.54) is 25.7 Å². The number of para-hydroxylation sites is 1. The van der Waals surface area contributed by atoms with E-state index in [-0.39, 0.29) is 50.4 Å². The van der Waals surface area contributed by atoms with Crippen LogP contribution >= 0.6 is 26.8 Å². The molecule has 0 aliphatic carbocycles. The Kier molecular flexibility index (Phi) is 20.9. The molecule has 0 radical (unpaired) electrons. The fourth-order valence-corrected chi connectivity index (χ4v) is 9.41. The van der Waals surface area contributed by atoms with Gasteiger partial charge in [0.15, 0.2) is 35.4 Å². The van der Waals surface area contributed by atoms with Crippen LogP contribution in [0.3, 0.4) is 0 Å². The number of hydrogen-bond acceptors (Lipinski definition) is 22. The zero-order chi connectivity index (χ0) is 49.8. The lowest BCUT2D eigenvalue weighted by Crippen LogP contribution is -2.27. The molecule has 5 N–H and O–H groups in total. The highest BCUT2D eigenvalue weighted by Gasteiger charge is 2.36. The monoisotopic (exact) mass is 1020 g/mol. The van der Waals surface area contributed by atoms with Crippen molar-refractivity contribution in [2.45, 2.75) is 71.6 Å². The number of aromatic nitrogens is 8. The summed E-state index contributed by atoms with van der Waals surface area (Å²) in [5.74, 6) is 0.292. The molecule has 0 spiro atoms. The third-order valence-corrected chi connectivity index (χ3v) is 12.6. The minimum Gasteiger partial charge on any atom is -0.461 e. The Bertz CT molecular complexity index is 2700. The predicted octanol–water partition coefficient (Wildman–Crippen LogP) is 6.97. The first-order valence-corrected chi connectivity index (χ1v) is 24.9. The molecule has 1 aliphatic rings. The summed E-state index contributed by atoms with van der Waals surface area (Å²) in [4.78, 5) is 49.8. The van der Waals surface area contributed by atoms with Crippen molar-refractivity contribution in [1.29, 1.82) is 0 Å². The van der Waals surface area contributed by atoms with Crippen molar-refractivity contribution < 1.29 is 65.9 Å². The molecule has 0 bridgehead atoms. The highest BCUT2D eigenvalue weighted by Crippen LogP contribution is 2.56. The number of ether oxygens (including phenoxy) is 4. The lowest BCUT2D eigenvalue weighted by atomic mass is 10.1. The summed E-state index contributed by atoms with van der Waals surface area (Å²) in [5.41, 5.74) is 14.7. The normalized spacial score (nSPS) is 17.5. The van der Waals surface area contributed by atoms with E-state index in [0.29, 0.717) is 65.0 Å². The van der Waals surface area contributed by atoms with Crippen molar-refractivity contribution in [2.24, 2.45) is 0 Å². The zero-order valence-electron chi connectivity index (χ0n) is 38.0. The maximum Gasteiger partial charge on any atom is 0.405 e. The van der Waals surface area contributed by atoms with E-state index in [4.69, 9.17) is 60.6 Å². The van der Waals surface area contributed by atoms with Gasteiger partial charge < -0.3 is 48.6 Å². The molecular weight excluding hydrogens is 966 g/mol. The van der Waals surface area contributed by atoms with Gasteiger partial charge in [0.25, 0.3) is 6.47 Å². The van der Waals surface area contributed by atoms with Gasteiger partial charge in [-0.15, -0.1) is 0 Å². The molecule has 6 aromatic rings. The summed E-state index contributed by atoms with van der Waals surface area (Å²) in [6, 6.07) is 15.9. The number of halogens is 1. The predicted molar refractivity (Wildman–Crippen MR) is 250 cm³/mol. The first-order valence-electron chi connectivity index (χ1n) is 21.0. The number of fused-ring (bicyclic) bond motifs is 2. The van der Waals surface area contributed by atoms with Crippen LogP contribution in [0, 0.1) is 0 Å². The smallest absolute Gasteiger partial charge is 0.405 e. The number of anilines is 2. The van der Waals surface area contributed by atoms with E-state index in [1.54, 1.807) is 85.0 Å². The number of rotatable bonds is 21. The molecule has 1 unspecified atom stereocenters. The Hall–Kier alpha value is -5.91. The molecule has 27 heteroatoms. The molecule has 5 atom stereocenters. The Morgan fingerprint density at radius 1 is 0.971 bits per heavy atom. The maximum absolute atomic E-state index is 13.5. The summed E-state index contributed by atoms with van der Waals surface area (Å²) in [7, 11) is -7.24. The lowest BCUT2D eigenvalue weighted by Gasteiger charge is -2.30. The number of esters is 1. The van der Waals surface area contributed by atoms with Gasteiger partial charge in [0.2, 0.25) is 0 Å². The van der Waals surface area contributed by atoms with E-state index < -0.39 is 33.4 Å². The molecule has 2 aromatic carbocycles. The number of carbonyl (C=O) groups excluding carboxylic acids is 2. The van der Waals surface area contributed by atoms with Crippen LogP contribution in [-0.2, 0) is 69.2 Å². The third-order valence-electron chi connectivity index (χ3n) is 9.12. The SMILES string of the molecule is CC(C)OC(=O)[C@H](C)O[P@](=O)(CO[C@H](C)Cn1cnc2c(N)ncnc21)Oc1ccccc1.Nc1ncnc2c1ncn2CCOCP1(=O)OCC[C@@H](c2cccc(Cl)c2)O1.O=CO/C=C/COO. The van der Waals surface area contributed by atoms with Gasteiger partial charge in [0.05, 0.1) is 57.0 Å². The van der Waals surface area contributed by atoms with Gasteiger partial charge in [-0.05, 0) is 63.6 Å². The maximum atomic E-state index is 13.5. The highest BCUT2D eigenvalue weighted by atomic mass is 35.5. The average molecular weight is 1020 g/mol. The third kappa shape index (κ3) is 16.9. The summed E-state index contributed by atoms with van der Waals surface area (Å²) < 4.78 is 72.8. The van der Waals surface area contributed by atoms with Crippen molar-refractivity contribution >= 4 is 73.2 Å². The first kappa shape index (κ1) is 54.0. The van der Waals surface area contributed by atoms with Gasteiger partial charge in [-0.1, -0.05) is 41.9 Å². The molecule has 1 fully saturated rings. The minimum absolute atomic E-state index is 0.0217. The number of nitrogens with zero attached hydrogens (tertiary/aromatic N) is 8. The summed E-state index contributed by atoms with van der Waals surface area (Å²) in [6.45, 7) is 8.40. The Labute approximate surface area is 401 Å². The largest absolute Gasteiger partial charge is 0.461 e. The number of imidazole rings is 2. The van der Waals surface area contributed by atoms with Crippen LogP contribution in [0.2, 0.25) is 5.02 Å². The van der Waals surface area contributed by atoms with Crippen LogP contribution in [0.1, 0.15) is 45.8 Å². The minimum atomic E-state index is -3.89.